The lowest BCUT2D eigenvalue weighted by Crippen LogP contribution is -2.25. The number of pyridine rings is 1. The van der Waals surface area contributed by atoms with Gasteiger partial charge in [0.2, 0.25) is 0 Å². The lowest BCUT2D eigenvalue weighted by atomic mass is 10.1. The first-order valence-corrected chi connectivity index (χ1v) is 15.5. The molecule has 5 aromatic rings. The number of hydrogen-bond donors (Lipinski definition) is 2. The first-order chi connectivity index (χ1) is 23.2. The van der Waals surface area contributed by atoms with E-state index < -0.39 is 23.1 Å². The number of amides is 2. The minimum Gasteiger partial charge on any atom is -0.422 e. The van der Waals surface area contributed by atoms with E-state index in [-0.39, 0.29) is 11.1 Å². The van der Waals surface area contributed by atoms with Crippen LogP contribution in [0.1, 0.15) is 59.8 Å². The number of nitrogens with one attached hydrogen (secondary N) is 2. The van der Waals surface area contributed by atoms with Crippen LogP contribution in [0.2, 0.25) is 0 Å². The lowest BCUT2D eigenvalue weighted by Gasteiger charge is -2.20. The molecule has 13 heteroatoms. The average Bonchev–Trinajstić information content (AvgIpc) is 3.08. The molecule has 0 aliphatic rings. The van der Waals surface area contributed by atoms with Crippen molar-refractivity contribution in [2.24, 2.45) is 10.2 Å². The Balaban J connectivity index is 1.21. The molecule has 48 heavy (non-hydrogen) atoms. The molecule has 2 amide bonds. The van der Waals surface area contributed by atoms with Gasteiger partial charge in [0.05, 0.1) is 23.8 Å². The number of nitrogens with zero attached hydrogens (tertiary/aromatic N) is 5. The van der Waals surface area contributed by atoms with Gasteiger partial charge in [-0.1, -0.05) is 6.07 Å². The van der Waals surface area contributed by atoms with Crippen LogP contribution in [0.15, 0.2) is 95.4 Å². The Hall–Kier alpha value is -6.11. The van der Waals surface area contributed by atoms with Crippen LogP contribution in [-0.2, 0) is 0 Å². The van der Waals surface area contributed by atoms with E-state index in [2.05, 4.69) is 35.8 Å². The van der Waals surface area contributed by atoms with Crippen LogP contribution in [0.3, 0.4) is 0 Å². The molecule has 0 atom stereocenters. The monoisotopic (exact) mass is 649 g/mol. The number of fused-ring (bicyclic) bond motifs is 2. The molecule has 0 spiro atoms. The molecular formula is C35H35N7O6. The highest BCUT2D eigenvalue weighted by Gasteiger charge is 2.16. The molecule has 3 heterocycles. The van der Waals surface area contributed by atoms with Gasteiger partial charge >= 0.3 is 11.3 Å². The highest BCUT2D eigenvalue weighted by Crippen LogP contribution is 2.23. The van der Waals surface area contributed by atoms with Crippen molar-refractivity contribution in [3.05, 3.63) is 110 Å². The van der Waals surface area contributed by atoms with Gasteiger partial charge in [0.1, 0.15) is 22.3 Å². The van der Waals surface area contributed by atoms with Crippen molar-refractivity contribution in [3.63, 3.8) is 0 Å². The van der Waals surface area contributed by atoms with E-state index in [1.165, 1.54) is 24.6 Å². The topological polar surface area (TPSA) is 163 Å². The van der Waals surface area contributed by atoms with E-state index in [1.807, 2.05) is 39.8 Å². The number of aromatic nitrogens is 1. The lowest BCUT2D eigenvalue weighted by molar-refractivity contribution is 0.0943. The van der Waals surface area contributed by atoms with Gasteiger partial charge in [0.25, 0.3) is 11.8 Å². The van der Waals surface area contributed by atoms with Crippen molar-refractivity contribution in [1.82, 2.24) is 15.8 Å². The third kappa shape index (κ3) is 7.47. The maximum Gasteiger partial charge on any atom is 0.349 e. The second-order valence-corrected chi connectivity index (χ2v) is 10.6. The van der Waals surface area contributed by atoms with Crippen molar-refractivity contribution in [1.29, 1.82) is 0 Å². The maximum atomic E-state index is 12.7. The zero-order valence-corrected chi connectivity index (χ0v) is 27.0. The van der Waals surface area contributed by atoms with Crippen molar-refractivity contribution in [3.8, 4) is 0 Å². The van der Waals surface area contributed by atoms with Gasteiger partial charge in [-0.2, -0.15) is 10.2 Å². The molecule has 0 unspecified atom stereocenters. The minimum atomic E-state index is -0.781. The van der Waals surface area contributed by atoms with E-state index in [4.69, 9.17) is 8.83 Å². The molecule has 246 valence electrons. The van der Waals surface area contributed by atoms with Crippen LogP contribution in [0.25, 0.3) is 21.9 Å². The molecule has 0 bridgehead atoms. The number of rotatable bonds is 12. The maximum absolute atomic E-state index is 12.7. The van der Waals surface area contributed by atoms with E-state index in [1.54, 1.807) is 42.5 Å². The molecule has 0 saturated carbocycles. The predicted molar refractivity (Wildman–Crippen MR) is 186 cm³/mol. The summed E-state index contributed by atoms with van der Waals surface area (Å²) in [7, 11) is 0. The Labute approximate surface area is 275 Å². The first-order valence-electron chi connectivity index (χ1n) is 15.5. The molecule has 3 aromatic heterocycles. The van der Waals surface area contributed by atoms with E-state index in [9.17, 15) is 19.2 Å². The van der Waals surface area contributed by atoms with Crippen molar-refractivity contribution in [2.75, 3.05) is 36.0 Å². The quantitative estimate of drug-likeness (QED) is 0.112. The summed E-state index contributed by atoms with van der Waals surface area (Å²) >= 11 is 0. The number of carbonyl (C=O) groups excluding carboxylic acids is 2. The van der Waals surface area contributed by atoms with Gasteiger partial charge in [-0.25, -0.2) is 25.4 Å². The molecule has 2 N–H and O–H groups in total. The first kappa shape index (κ1) is 33.3. The minimum absolute atomic E-state index is 0.190. The summed E-state index contributed by atoms with van der Waals surface area (Å²) < 4.78 is 10.9. The summed E-state index contributed by atoms with van der Waals surface area (Å²) in [6.45, 7) is 11.4. The highest BCUT2D eigenvalue weighted by atomic mass is 16.4. The number of benzene rings is 2. The van der Waals surface area contributed by atoms with Crippen LogP contribution in [0.4, 0.5) is 11.4 Å². The van der Waals surface area contributed by atoms with Crippen LogP contribution >= 0.6 is 0 Å². The SMILES string of the molecule is CCN(CC)c1ccc2cc(C(=O)N/N=C/c3cccc(/C=N/NC(=O)c4cc5ccc(N(CC)CC)cc5oc4=O)n3)c(=O)oc2c1. The van der Waals surface area contributed by atoms with Crippen LogP contribution in [0.5, 0.6) is 0 Å². The van der Waals surface area contributed by atoms with E-state index >= 15 is 0 Å². The Morgan fingerprint density at radius 2 is 1.08 bits per heavy atom. The fraction of sp³-hybridized carbons (Fsp3) is 0.229. The molecule has 0 saturated heterocycles. The van der Waals surface area contributed by atoms with Gasteiger partial charge in [0.15, 0.2) is 0 Å². The van der Waals surface area contributed by atoms with Gasteiger partial charge in [-0.15, -0.1) is 0 Å². The third-order valence-corrected chi connectivity index (χ3v) is 7.70. The van der Waals surface area contributed by atoms with Crippen LogP contribution in [-0.4, -0.2) is 55.4 Å². The second-order valence-electron chi connectivity index (χ2n) is 10.6. The third-order valence-electron chi connectivity index (χ3n) is 7.70. The Morgan fingerprint density at radius 3 is 1.48 bits per heavy atom. The fourth-order valence-electron chi connectivity index (χ4n) is 5.13. The highest BCUT2D eigenvalue weighted by molar-refractivity contribution is 5.98. The smallest absolute Gasteiger partial charge is 0.349 e. The summed E-state index contributed by atoms with van der Waals surface area (Å²) in [5, 5.41) is 9.03. The Kier molecular flexibility index (Phi) is 10.4. The number of hydrogen-bond acceptors (Lipinski definition) is 11. The molecule has 13 nitrogen and oxygen atoms in total. The average molecular weight is 650 g/mol. The predicted octanol–water partition coefficient (Wildman–Crippen LogP) is 4.51. The molecule has 0 aliphatic carbocycles. The Morgan fingerprint density at radius 1 is 0.667 bits per heavy atom. The summed E-state index contributed by atoms with van der Waals surface area (Å²) in [5.41, 5.74) is 6.02. The molecule has 0 fully saturated rings. The van der Waals surface area contributed by atoms with E-state index in [0.29, 0.717) is 33.3 Å². The summed E-state index contributed by atoms with van der Waals surface area (Å²) in [4.78, 5) is 59.1. The van der Waals surface area contributed by atoms with Gasteiger partial charge < -0.3 is 18.6 Å². The van der Waals surface area contributed by atoms with Crippen LogP contribution < -0.4 is 31.9 Å². The number of carbonyl (C=O) groups is 2. The van der Waals surface area contributed by atoms with Crippen molar-refractivity contribution >= 4 is 57.6 Å². The molecular weight excluding hydrogens is 614 g/mol. The second kappa shape index (κ2) is 15.0. The normalized spacial score (nSPS) is 11.4. The van der Waals surface area contributed by atoms with Gasteiger partial charge in [-0.3, -0.25) is 9.59 Å². The molecule has 0 radical (unpaired) electrons. The molecule has 0 aliphatic heterocycles. The van der Waals surface area contributed by atoms with Crippen molar-refractivity contribution in [2.45, 2.75) is 27.7 Å². The summed E-state index contributed by atoms with van der Waals surface area (Å²) in [6, 6.07) is 18.8. The fourth-order valence-corrected chi connectivity index (χ4v) is 5.13. The van der Waals surface area contributed by atoms with Gasteiger partial charge in [0, 0.05) is 60.5 Å². The largest absolute Gasteiger partial charge is 0.422 e. The zero-order chi connectivity index (χ0) is 34.2. The van der Waals surface area contributed by atoms with Crippen LogP contribution in [0, 0.1) is 0 Å². The van der Waals surface area contributed by atoms with E-state index in [0.717, 1.165) is 37.6 Å². The molecule has 5 rings (SSSR count). The van der Waals surface area contributed by atoms with Crippen molar-refractivity contribution < 1.29 is 18.4 Å². The Bertz CT molecular complexity index is 2000. The number of hydrazone groups is 2. The zero-order valence-electron chi connectivity index (χ0n) is 27.0. The standard InChI is InChI=1S/C35H35N7O6/c1-5-41(6-2)26-14-12-22-16-28(34(45)47-30(22)18-26)32(43)39-36-20-24-10-9-11-25(38-24)21-37-40-33(44)29-17-23-13-15-27(42(7-3)8-4)19-31(23)48-35(29)46/h9-21H,5-8H2,1-4H3,(H,39,43)(H,40,44)/b36-20+,37-21+. The molecule has 2 aromatic carbocycles. The van der Waals surface area contributed by atoms with Gasteiger partial charge in [-0.05, 0) is 76.2 Å². The summed E-state index contributed by atoms with van der Waals surface area (Å²) in [6.07, 6.45) is 2.58. The number of anilines is 2. The summed E-state index contributed by atoms with van der Waals surface area (Å²) in [5.74, 6) is -1.48.